The van der Waals surface area contributed by atoms with E-state index in [1.807, 2.05) is 31.3 Å². The van der Waals surface area contributed by atoms with Crippen molar-refractivity contribution in [2.24, 2.45) is 5.92 Å². The molecular formula is C17H20N2O2. The molecule has 1 aromatic heterocycles. The van der Waals surface area contributed by atoms with Crippen LogP contribution in [0.2, 0.25) is 0 Å². The van der Waals surface area contributed by atoms with Crippen molar-refractivity contribution in [1.82, 2.24) is 10.3 Å². The van der Waals surface area contributed by atoms with Crippen molar-refractivity contribution in [1.29, 1.82) is 0 Å². The fourth-order valence-electron chi connectivity index (χ4n) is 2.71. The Bertz CT molecular complexity index is 654. The van der Waals surface area contributed by atoms with Gasteiger partial charge in [-0.25, -0.2) is 0 Å². The zero-order valence-corrected chi connectivity index (χ0v) is 12.3. The predicted molar refractivity (Wildman–Crippen MR) is 82.3 cm³/mol. The molecular weight excluding hydrogens is 264 g/mol. The normalized spacial score (nSPS) is 19.1. The van der Waals surface area contributed by atoms with Gasteiger partial charge in [0.15, 0.2) is 0 Å². The fourth-order valence-corrected chi connectivity index (χ4v) is 2.71. The van der Waals surface area contributed by atoms with Gasteiger partial charge >= 0.3 is 0 Å². The summed E-state index contributed by atoms with van der Waals surface area (Å²) >= 11 is 0. The molecule has 1 saturated heterocycles. The molecule has 1 atom stereocenters. The molecule has 1 aliphatic heterocycles. The van der Waals surface area contributed by atoms with Crippen LogP contribution in [0.25, 0.3) is 10.9 Å². The highest BCUT2D eigenvalue weighted by molar-refractivity contribution is 5.85. The first-order valence-corrected chi connectivity index (χ1v) is 7.47. The van der Waals surface area contributed by atoms with Gasteiger partial charge in [0.1, 0.15) is 5.75 Å². The first-order valence-electron chi connectivity index (χ1n) is 7.47. The number of amides is 1. The Morgan fingerprint density at radius 1 is 1.38 bits per heavy atom. The van der Waals surface area contributed by atoms with Crippen LogP contribution < -0.4 is 10.1 Å². The van der Waals surface area contributed by atoms with Gasteiger partial charge in [0.25, 0.3) is 0 Å². The summed E-state index contributed by atoms with van der Waals surface area (Å²) in [5.41, 5.74) is 2.08. The lowest BCUT2D eigenvalue weighted by Gasteiger charge is -2.15. The van der Waals surface area contributed by atoms with E-state index in [1.54, 1.807) is 0 Å². The van der Waals surface area contributed by atoms with E-state index in [4.69, 9.17) is 4.74 Å². The number of hydrogen-bond acceptors (Lipinski definition) is 3. The summed E-state index contributed by atoms with van der Waals surface area (Å²) < 4.78 is 6.03. The van der Waals surface area contributed by atoms with Gasteiger partial charge in [-0.1, -0.05) is 6.07 Å². The van der Waals surface area contributed by atoms with Crippen LogP contribution >= 0.6 is 0 Å². The van der Waals surface area contributed by atoms with Crippen LogP contribution in [-0.4, -0.2) is 24.0 Å². The maximum absolute atomic E-state index is 11.4. The van der Waals surface area contributed by atoms with Gasteiger partial charge in [-0.05, 0) is 49.4 Å². The van der Waals surface area contributed by atoms with E-state index in [-0.39, 0.29) is 5.91 Å². The third kappa shape index (κ3) is 3.32. The van der Waals surface area contributed by atoms with Crippen molar-refractivity contribution in [2.75, 3.05) is 13.2 Å². The van der Waals surface area contributed by atoms with Gasteiger partial charge in [0.05, 0.1) is 12.1 Å². The summed E-state index contributed by atoms with van der Waals surface area (Å²) in [5, 5.41) is 3.96. The van der Waals surface area contributed by atoms with Crippen molar-refractivity contribution < 1.29 is 9.53 Å². The average molecular weight is 284 g/mol. The van der Waals surface area contributed by atoms with Crippen molar-refractivity contribution in [3.63, 3.8) is 0 Å². The van der Waals surface area contributed by atoms with E-state index >= 15 is 0 Å². The SMILES string of the molecule is Cc1cnc2cccc(OCC3CCNC(=O)CC3)c2c1. The Balaban J connectivity index is 1.73. The Morgan fingerprint density at radius 2 is 2.29 bits per heavy atom. The van der Waals surface area contributed by atoms with E-state index in [9.17, 15) is 4.79 Å². The van der Waals surface area contributed by atoms with Crippen molar-refractivity contribution >= 4 is 16.8 Å². The van der Waals surface area contributed by atoms with Crippen molar-refractivity contribution in [2.45, 2.75) is 26.2 Å². The van der Waals surface area contributed by atoms with Crippen LogP contribution in [0.15, 0.2) is 30.5 Å². The zero-order chi connectivity index (χ0) is 14.7. The lowest BCUT2D eigenvalue weighted by molar-refractivity contribution is -0.120. The zero-order valence-electron chi connectivity index (χ0n) is 12.3. The lowest BCUT2D eigenvalue weighted by atomic mass is 10.0. The number of rotatable bonds is 3. The summed E-state index contributed by atoms with van der Waals surface area (Å²) in [5.74, 6) is 1.46. The van der Waals surface area contributed by atoms with E-state index < -0.39 is 0 Å². The second-order valence-corrected chi connectivity index (χ2v) is 5.69. The fraction of sp³-hybridized carbons (Fsp3) is 0.412. The van der Waals surface area contributed by atoms with Crippen molar-refractivity contribution in [3.05, 3.63) is 36.0 Å². The van der Waals surface area contributed by atoms with Gasteiger partial charge < -0.3 is 10.1 Å². The highest BCUT2D eigenvalue weighted by Gasteiger charge is 2.17. The maximum Gasteiger partial charge on any atom is 0.220 e. The molecule has 1 unspecified atom stereocenters. The van der Waals surface area contributed by atoms with Crippen LogP contribution in [0.4, 0.5) is 0 Å². The molecule has 1 aromatic carbocycles. The van der Waals surface area contributed by atoms with E-state index in [0.29, 0.717) is 18.9 Å². The van der Waals surface area contributed by atoms with Gasteiger partial charge in [-0.2, -0.15) is 0 Å². The Hall–Kier alpha value is -2.10. The third-order valence-corrected chi connectivity index (χ3v) is 3.95. The number of pyridine rings is 1. The maximum atomic E-state index is 11.4. The molecule has 1 amide bonds. The molecule has 0 bridgehead atoms. The third-order valence-electron chi connectivity index (χ3n) is 3.95. The second-order valence-electron chi connectivity index (χ2n) is 5.69. The summed E-state index contributed by atoms with van der Waals surface area (Å²) in [6, 6.07) is 8.06. The standard InChI is InChI=1S/C17H20N2O2/c1-12-9-14-15(19-10-12)3-2-4-16(14)21-11-13-5-6-17(20)18-8-7-13/h2-4,9-10,13H,5-8,11H2,1H3,(H,18,20). The van der Waals surface area contributed by atoms with Gasteiger partial charge in [-0.3, -0.25) is 9.78 Å². The highest BCUT2D eigenvalue weighted by atomic mass is 16.5. The average Bonchev–Trinajstić information content (AvgIpc) is 2.69. The number of fused-ring (bicyclic) bond motifs is 1. The summed E-state index contributed by atoms with van der Waals surface area (Å²) in [4.78, 5) is 15.8. The monoisotopic (exact) mass is 284 g/mol. The molecule has 1 N–H and O–H groups in total. The minimum absolute atomic E-state index is 0.155. The summed E-state index contributed by atoms with van der Waals surface area (Å²) in [6.45, 7) is 3.44. The molecule has 1 aliphatic rings. The molecule has 0 saturated carbocycles. The second kappa shape index (κ2) is 6.12. The first kappa shape index (κ1) is 13.9. The minimum Gasteiger partial charge on any atom is -0.493 e. The summed E-state index contributed by atoms with van der Waals surface area (Å²) in [6.07, 6.45) is 4.35. The van der Waals surface area contributed by atoms with Gasteiger partial charge in [0.2, 0.25) is 5.91 Å². The molecule has 0 radical (unpaired) electrons. The number of ether oxygens (including phenoxy) is 1. The Morgan fingerprint density at radius 3 is 3.19 bits per heavy atom. The Kier molecular flexibility index (Phi) is 4.04. The van der Waals surface area contributed by atoms with Crippen LogP contribution in [0.1, 0.15) is 24.8 Å². The molecule has 2 aromatic rings. The number of hydrogen-bond donors (Lipinski definition) is 1. The number of benzene rings is 1. The van der Waals surface area contributed by atoms with Crippen LogP contribution in [0.3, 0.4) is 0 Å². The first-order chi connectivity index (χ1) is 10.2. The Labute approximate surface area is 124 Å². The van der Waals surface area contributed by atoms with Crippen LogP contribution in [0, 0.1) is 12.8 Å². The summed E-state index contributed by atoms with van der Waals surface area (Å²) in [7, 11) is 0. The van der Waals surface area contributed by atoms with E-state index in [0.717, 1.165) is 41.6 Å². The highest BCUT2D eigenvalue weighted by Crippen LogP contribution is 2.26. The van der Waals surface area contributed by atoms with Gasteiger partial charge in [0, 0.05) is 24.5 Å². The smallest absolute Gasteiger partial charge is 0.220 e. The van der Waals surface area contributed by atoms with E-state index in [1.165, 1.54) is 0 Å². The number of nitrogens with one attached hydrogen (secondary N) is 1. The molecule has 21 heavy (non-hydrogen) atoms. The molecule has 2 heterocycles. The van der Waals surface area contributed by atoms with Crippen LogP contribution in [0.5, 0.6) is 5.75 Å². The lowest BCUT2D eigenvalue weighted by Crippen LogP contribution is -2.21. The molecule has 0 aliphatic carbocycles. The molecule has 4 heteroatoms. The number of carbonyl (C=O) groups is 1. The largest absolute Gasteiger partial charge is 0.493 e. The topological polar surface area (TPSA) is 51.2 Å². The number of nitrogens with zero attached hydrogens (tertiary/aromatic N) is 1. The quantitative estimate of drug-likeness (QED) is 0.943. The predicted octanol–water partition coefficient (Wildman–Crippen LogP) is 2.84. The molecule has 110 valence electrons. The molecule has 4 nitrogen and oxygen atoms in total. The van der Waals surface area contributed by atoms with Crippen LogP contribution in [-0.2, 0) is 4.79 Å². The number of carbonyl (C=O) groups excluding carboxylic acids is 1. The molecule has 1 fully saturated rings. The molecule has 0 spiro atoms. The molecule has 3 rings (SSSR count). The van der Waals surface area contributed by atoms with Gasteiger partial charge in [-0.15, -0.1) is 0 Å². The minimum atomic E-state index is 0.155. The van der Waals surface area contributed by atoms with E-state index in [2.05, 4.69) is 16.4 Å². The number of aryl methyl sites for hydroxylation is 1. The number of aromatic nitrogens is 1. The van der Waals surface area contributed by atoms with Crippen molar-refractivity contribution in [3.8, 4) is 5.75 Å².